The molecule has 0 saturated heterocycles. The van der Waals surface area contributed by atoms with Crippen LogP contribution < -0.4 is 4.90 Å². The summed E-state index contributed by atoms with van der Waals surface area (Å²) in [5.41, 5.74) is 2.29. The average Bonchev–Trinajstić information content (AvgIpc) is 3.03. The van der Waals surface area contributed by atoms with E-state index in [-0.39, 0.29) is 5.91 Å². The summed E-state index contributed by atoms with van der Waals surface area (Å²) in [5, 5.41) is 5.32. The zero-order valence-corrected chi connectivity index (χ0v) is 13.8. The Kier molecular flexibility index (Phi) is 4.57. The summed E-state index contributed by atoms with van der Waals surface area (Å²) in [6.45, 7) is 0. The second-order valence-electron chi connectivity index (χ2n) is 5.09. The van der Waals surface area contributed by atoms with Gasteiger partial charge in [-0.2, -0.15) is 11.8 Å². The van der Waals surface area contributed by atoms with Crippen molar-refractivity contribution in [2.24, 2.45) is 0 Å². The van der Waals surface area contributed by atoms with Crippen LogP contribution in [0.1, 0.15) is 6.42 Å². The molecule has 0 saturated carbocycles. The molecule has 0 aliphatic carbocycles. The van der Waals surface area contributed by atoms with Crippen LogP contribution in [-0.2, 0) is 4.79 Å². The summed E-state index contributed by atoms with van der Waals surface area (Å²) in [6, 6.07) is 5.72. The molecule has 0 radical (unpaired) electrons. The molecule has 0 aromatic carbocycles. The standard InChI is InChI=1S/C16H17N5OS/c1-20(15(22)5-7-23-2)14-8-12-11-21(19-16(12)18-10-14)13-4-3-6-17-9-13/h3-4,6,8-11H,5,7H2,1-2H3. The molecule has 0 aliphatic rings. The van der Waals surface area contributed by atoms with Crippen molar-refractivity contribution in [1.29, 1.82) is 0 Å². The molecule has 3 rings (SSSR count). The maximum atomic E-state index is 12.1. The molecule has 0 aliphatic heterocycles. The van der Waals surface area contributed by atoms with Crippen molar-refractivity contribution in [3.8, 4) is 5.69 Å². The third kappa shape index (κ3) is 3.34. The summed E-state index contributed by atoms with van der Waals surface area (Å²) >= 11 is 1.66. The first-order chi connectivity index (χ1) is 11.2. The number of aromatic nitrogens is 4. The minimum Gasteiger partial charge on any atom is -0.314 e. The lowest BCUT2D eigenvalue weighted by molar-refractivity contribution is -0.117. The molecular formula is C16H17N5OS. The third-order valence-corrected chi connectivity index (χ3v) is 4.15. The first-order valence-corrected chi connectivity index (χ1v) is 8.60. The quantitative estimate of drug-likeness (QED) is 0.720. The number of rotatable bonds is 5. The molecule has 3 aromatic heterocycles. The van der Waals surface area contributed by atoms with Gasteiger partial charge < -0.3 is 4.90 Å². The molecule has 0 N–H and O–H groups in total. The lowest BCUT2D eigenvalue weighted by Crippen LogP contribution is -2.26. The monoisotopic (exact) mass is 327 g/mol. The van der Waals surface area contributed by atoms with E-state index in [4.69, 9.17) is 0 Å². The summed E-state index contributed by atoms with van der Waals surface area (Å²) in [5.74, 6) is 0.901. The van der Waals surface area contributed by atoms with Gasteiger partial charge >= 0.3 is 0 Å². The summed E-state index contributed by atoms with van der Waals surface area (Å²) in [7, 11) is 1.77. The predicted molar refractivity (Wildman–Crippen MR) is 93.1 cm³/mol. The van der Waals surface area contributed by atoms with E-state index in [1.165, 1.54) is 0 Å². The molecule has 3 aromatic rings. The highest BCUT2D eigenvalue weighted by molar-refractivity contribution is 7.98. The fourth-order valence-electron chi connectivity index (χ4n) is 2.21. The van der Waals surface area contributed by atoms with Gasteiger partial charge in [0.2, 0.25) is 5.91 Å². The number of pyridine rings is 2. The Hall–Kier alpha value is -2.41. The lowest BCUT2D eigenvalue weighted by atomic mass is 10.3. The Morgan fingerprint density at radius 2 is 2.26 bits per heavy atom. The molecule has 0 fully saturated rings. The highest BCUT2D eigenvalue weighted by Gasteiger charge is 2.13. The van der Waals surface area contributed by atoms with Crippen LogP contribution in [0.5, 0.6) is 0 Å². The number of thioether (sulfide) groups is 1. The fraction of sp³-hybridized carbons (Fsp3) is 0.250. The molecule has 0 bridgehead atoms. The normalized spacial score (nSPS) is 10.9. The van der Waals surface area contributed by atoms with Gasteiger partial charge in [0.15, 0.2) is 5.65 Å². The zero-order valence-electron chi connectivity index (χ0n) is 13.0. The Morgan fingerprint density at radius 3 is 3.00 bits per heavy atom. The van der Waals surface area contributed by atoms with E-state index in [1.54, 1.807) is 47.0 Å². The van der Waals surface area contributed by atoms with Crippen molar-refractivity contribution >= 4 is 34.4 Å². The minimum absolute atomic E-state index is 0.0835. The molecule has 118 valence electrons. The van der Waals surface area contributed by atoms with Gasteiger partial charge in [-0.1, -0.05) is 0 Å². The predicted octanol–water partition coefficient (Wildman–Crippen LogP) is 2.53. The number of nitrogens with zero attached hydrogens (tertiary/aromatic N) is 5. The Bertz CT molecular complexity index is 818. The molecule has 6 nitrogen and oxygen atoms in total. The van der Waals surface area contributed by atoms with Crippen molar-refractivity contribution < 1.29 is 4.79 Å². The molecule has 0 spiro atoms. The van der Waals surface area contributed by atoms with Crippen LogP contribution in [0.15, 0.2) is 43.0 Å². The van der Waals surface area contributed by atoms with E-state index in [2.05, 4.69) is 15.1 Å². The van der Waals surface area contributed by atoms with Crippen LogP contribution in [0.3, 0.4) is 0 Å². The van der Waals surface area contributed by atoms with E-state index < -0.39 is 0 Å². The number of carbonyl (C=O) groups excluding carboxylic acids is 1. The smallest absolute Gasteiger partial charge is 0.227 e. The Labute approximate surface area is 138 Å². The number of hydrogen-bond donors (Lipinski definition) is 0. The number of fused-ring (bicyclic) bond motifs is 1. The van der Waals surface area contributed by atoms with Gasteiger partial charge in [0, 0.05) is 37.0 Å². The fourth-order valence-corrected chi connectivity index (χ4v) is 2.59. The number of hydrogen-bond acceptors (Lipinski definition) is 5. The van der Waals surface area contributed by atoms with Gasteiger partial charge in [0.05, 0.1) is 23.8 Å². The van der Waals surface area contributed by atoms with Crippen LogP contribution in [0, 0.1) is 0 Å². The highest BCUT2D eigenvalue weighted by Crippen LogP contribution is 2.20. The van der Waals surface area contributed by atoms with Gasteiger partial charge in [0.1, 0.15) is 0 Å². The maximum absolute atomic E-state index is 12.1. The third-order valence-electron chi connectivity index (χ3n) is 3.54. The molecule has 7 heteroatoms. The van der Waals surface area contributed by atoms with Crippen LogP contribution in [0.2, 0.25) is 0 Å². The van der Waals surface area contributed by atoms with Gasteiger partial charge in [-0.05, 0) is 24.5 Å². The SMILES string of the molecule is CSCCC(=O)N(C)c1cnc2nn(-c3cccnc3)cc2c1. The summed E-state index contributed by atoms with van der Waals surface area (Å²) < 4.78 is 1.74. The lowest BCUT2D eigenvalue weighted by Gasteiger charge is -2.16. The van der Waals surface area contributed by atoms with Crippen molar-refractivity contribution in [2.45, 2.75) is 6.42 Å². The maximum Gasteiger partial charge on any atom is 0.227 e. The average molecular weight is 327 g/mol. The van der Waals surface area contributed by atoms with E-state index >= 15 is 0 Å². The van der Waals surface area contributed by atoms with Crippen molar-refractivity contribution in [3.05, 3.63) is 43.0 Å². The second-order valence-corrected chi connectivity index (χ2v) is 6.07. The van der Waals surface area contributed by atoms with Crippen LogP contribution in [0.4, 0.5) is 5.69 Å². The Balaban J connectivity index is 1.89. The Morgan fingerprint density at radius 1 is 1.39 bits per heavy atom. The van der Waals surface area contributed by atoms with Gasteiger partial charge in [-0.15, -0.1) is 5.10 Å². The van der Waals surface area contributed by atoms with Crippen molar-refractivity contribution in [3.63, 3.8) is 0 Å². The summed E-state index contributed by atoms with van der Waals surface area (Å²) in [6.07, 6.45) is 9.55. The van der Waals surface area contributed by atoms with Crippen LogP contribution >= 0.6 is 11.8 Å². The molecule has 1 amide bonds. The number of anilines is 1. The summed E-state index contributed by atoms with van der Waals surface area (Å²) in [4.78, 5) is 22.2. The zero-order chi connectivity index (χ0) is 16.2. The molecular weight excluding hydrogens is 310 g/mol. The van der Waals surface area contributed by atoms with E-state index in [0.29, 0.717) is 12.1 Å². The first kappa shape index (κ1) is 15.5. The van der Waals surface area contributed by atoms with Crippen molar-refractivity contribution in [2.75, 3.05) is 24.0 Å². The van der Waals surface area contributed by atoms with E-state index in [1.807, 2.05) is 30.7 Å². The van der Waals surface area contributed by atoms with Gasteiger partial charge in [-0.25, -0.2) is 9.67 Å². The highest BCUT2D eigenvalue weighted by atomic mass is 32.2. The topological polar surface area (TPSA) is 63.9 Å². The van der Waals surface area contributed by atoms with Crippen LogP contribution in [-0.4, -0.2) is 44.7 Å². The second kappa shape index (κ2) is 6.78. The van der Waals surface area contributed by atoms with E-state index in [9.17, 15) is 4.79 Å². The molecule has 0 atom stereocenters. The molecule has 23 heavy (non-hydrogen) atoms. The molecule has 0 unspecified atom stereocenters. The van der Waals surface area contributed by atoms with Crippen LogP contribution in [0.25, 0.3) is 16.7 Å². The number of amides is 1. The minimum atomic E-state index is 0.0835. The largest absolute Gasteiger partial charge is 0.314 e. The van der Waals surface area contributed by atoms with Crippen molar-refractivity contribution in [1.82, 2.24) is 19.7 Å². The number of carbonyl (C=O) groups is 1. The van der Waals surface area contributed by atoms with Gasteiger partial charge in [-0.3, -0.25) is 9.78 Å². The first-order valence-electron chi connectivity index (χ1n) is 7.20. The van der Waals surface area contributed by atoms with Gasteiger partial charge in [0.25, 0.3) is 0 Å². The van der Waals surface area contributed by atoms with E-state index in [0.717, 1.165) is 22.5 Å². The molecule has 3 heterocycles.